The van der Waals surface area contributed by atoms with Gasteiger partial charge in [0.15, 0.2) is 0 Å². The number of amides is 1. The third kappa shape index (κ3) is 6.50. The number of rotatable bonds is 10. The third-order valence-corrected chi connectivity index (χ3v) is 8.59. The minimum absolute atomic E-state index is 0.0788. The summed E-state index contributed by atoms with van der Waals surface area (Å²) in [5, 5.41) is 2.95. The first-order chi connectivity index (χ1) is 16.5. The van der Waals surface area contributed by atoms with Gasteiger partial charge in [-0.25, -0.2) is 8.42 Å². The molecule has 1 aliphatic rings. The molecule has 3 aromatic rings. The first-order valence-corrected chi connectivity index (χ1v) is 13.9. The topological polar surface area (TPSA) is 82.9 Å². The van der Waals surface area contributed by atoms with Gasteiger partial charge in [-0.15, -0.1) is 0 Å². The Labute approximate surface area is 205 Å². The molecule has 0 unspecified atom stereocenters. The first kappa shape index (κ1) is 24.5. The lowest BCUT2D eigenvalue weighted by molar-refractivity contribution is 0.0956. The molecule has 1 amide bonds. The summed E-state index contributed by atoms with van der Waals surface area (Å²) in [6, 6.07) is 20.0. The molecule has 34 heavy (non-hydrogen) atoms. The zero-order valence-corrected chi connectivity index (χ0v) is 20.6. The number of carbonyl (C=O) groups is 1. The average molecular weight is 500 g/mol. The van der Waals surface area contributed by atoms with E-state index in [1.54, 1.807) is 46.6 Å². The van der Waals surface area contributed by atoms with E-state index in [4.69, 9.17) is 4.42 Å². The number of furan rings is 1. The number of thioether (sulfide) groups is 1. The monoisotopic (exact) mass is 499 g/mol. The fraction of sp³-hybridized carbons (Fsp3) is 0.320. The number of hydrogen-bond acceptors (Lipinski definition) is 6. The first-order valence-electron chi connectivity index (χ1n) is 11.3. The van der Waals surface area contributed by atoms with Crippen molar-refractivity contribution in [3.8, 4) is 0 Å². The zero-order chi connectivity index (χ0) is 23.8. The van der Waals surface area contributed by atoms with E-state index >= 15 is 0 Å². The Bertz CT molecular complexity index is 1140. The molecule has 180 valence electrons. The van der Waals surface area contributed by atoms with Crippen LogP contribution in [0.1, 0.15) is 21.7 Å². The Morgan fingerprint density at radius 1 is 0.941 bits per heavy atom. The highest BCUT2D eigenvalue weighted by molar-refractivity contribution is 7.98. The van der Waals surface area contributed by atoms with Crippen molar-refractivity contribution in [2.24, 2.45) is 0 Å². The highest BCUT2D eigenvalue weighted by Gasteiger charge is 2.28. The van der Waals surface area contributed by atoms with Gasteiger partial charge >= 0.3 is 0 Å². The molecule has 1 aliphatic heterocycles. The van der Waals surface area contributed by atoms with Crippen molar-refractivity contribution < 1.29 is 17.6 Å². The van der Waals surface area contributed by atoms with Crippen LogP contribution in [0.4, 0.5) is 0 Å². The molecule has 1 aromatic heterocycles. The minimum atomic E-state index is -3.44. The van der Waals surface area contributed by atoms with Crippen LogP contribution < -0.4 is 5.32 Å². The zero-order valence-electron chi connectivity index (χ0n) is 18.9. The van der Waals surface area contributed by atoms with E-state index in [1.165, 1.54) is 0 Å². The number of sulfonamides is 1. The Hall–Kier alpha value is -2.59. The van der Waals surface area contributed by atoms with E-state index < -0.39 is 10.0 Å². The Balaban J connectivity index is 1.19. The third-order valence-electron chi connectivity index (χ3n) is 5.69. The molecule has 2 aromatic carbocycles. The summed E-state index contributed by atoms with van der Waals surface area (Å²) in [5.74, 6) is 2.47. The maximum atomic E-state index is 12.8. The van der Waals surface area contributed by atoms with Crippen molar-refractivity contribution in [1.29, 1.82) is 0 Å². The average Bonchev–Trinajstić information content (AvgIpc) is 3.39. The van der Waals surface area contributed by atoms with E-state index in [0.29, 0.717) is 43.2 Å². The molecule has 0 bridgehead atoms. The van der Waals surface area contributed by atoms with Crippen molar-refractivity contribution in [2.75, 3.05) is 38.5 Å². The van der Waals surface area contributed by atoms with Gasteiger partial charge in [-0.05, 0) is 42.0 Å². The number of nitrogens with zero attached hydrogens (tertiary/aromatic N) is 2. The summed E-state index contributed by atoms with van der Waals surface area (Å²) < 4.78 is 32.4. The van der Waals surface area contributed by atoms with Crippen LogP contribution in [0, 0.1) is 0 Å². The van der Waals surface area contributed by atoms with Gasteiger partial charge in [-0.1, -0.05) is 30.3 Å². The highest BCUT2D eigenvalue weighted by Crippen LogP contribution is 2.18. The maximum absolute atomic E-state index is 12.8. The van der Waals surface area contributed by atoms with Crippen molar-refractivity contribution in [1.82, 2.24) is 14.5 Å². The number of benzene rings is 2. The highest BCUT2D eigenvalue weighted by atomic mass is 32.2. The van der Waals surface area contributed by atoms with Gasteiger partial charge in [0.05, 0.1) is 16.9 Å². The van der Waals surface area contributed by atoms with Gasteiger partial charge < -0.3 is 9.73 Å². The van der Waals surface area contributed by atoms with Crippen LogP contribution in [0.15, 0.2) is 82.3 Å². The molecule has 0 radical (unpaired) electrons. The van der Waals surface area contributed by atoms with Crippen molar-refractivity contribution in [2.45, 2.75) is 17.2 Å². The summed E-state index contributed by atoms with van der Waals surface area (Å²) in [5.41, 5.74) is 1.74. The number of nitrogens with one attached hydrogen (secondary N) is 1. The molecule has 7 nitrogen and oxygen atoms in total. The second-order valence-corrected chi connectivity index (χ2v) is 11.1. The van der Waals surface area contributed by atoms with E-state index in [9.17, 15) is 13.2 Å². The Morgan fingerprint density at radius 2 is 1.68 bits per heavy atom. The maximum Gasteiger partial charge on any atom is 0.251 e. The van der Waals surface area contributed by atoms with Crippen LogP contribution in [-0.4, -0.2) is 62.0 Å². The smallest absolute Gasteiger partial charge is 0.251 e. The minimum Gasteiger partial charge on any atom is -0.468 e. The molecule has 1 fully saturated rings. The van der Waals surface area contributed by atoms with E-state index in [1.807, 2.05) is 42.5 Å². The van der Waals surface area contributed by atoms with E-state index in [-0.39, 0.29) is 5.91 Å². The molecule has 1 saturated heterocycles. The lowest BCUT2D eigenvalue weighted by Crippen LogP contribution is -2.48. The van der Waals surface area contributed by atoms with Crippen LogP contribution in [0.5, 0.6) is 0 Å². The number of piperazine rings is 1. The van der Waals surface area contributed by atoms with E-state index in [0.717, 1.165) is 29.4 Å². The summed E-state index contributed by atoms with van der Waals surface area (Å²) in [7, 11) is -3.44. The van der Waals surface area contributed by atoms with Crippen LogP contribution in [0.25, 0.3) is 0 Å². The van der Waals surface area contributed by atoms with Crippen LogP contribution in [0.2, 0.25) is 0 Å². The Morgan fingerprint density at radius 3 is 2.35 bits per heavy atom. The molecule has 0 atom stereocenters. The molecular formula is C25H29N3O4S2. The number of hydrogen-bond donors (Lipinski definition) is 1. The van der Waals surface area contributed by atoms with Crippen molar-refractivity contribution in [3.05, 3.63) is 89.9 Å². The molecule has 0 spiro atoms. The fourth-order valence-electron chi connectivity index (χ4n) is 3.80. The SMILES string of the molecule is O=C(NCCSCc1ccco1)c1ccc(CN2CCN(S(=O)(=O)c3ccccc3)CC2)cc1. The second kappa shape index (κ2) is 11.7. The normalized spacial score (nSPS) is 15.3. The van der Waals surface area contributed by atoms with Crippen molar-refractivity contribution in [3.63, 3.8) is 0 Å². The molecule has 0 aliphatic carbocycles. The standard InChI is InChI=1S/C25H29N3O4S2/c29-25(26-12-18-33-20-23-5-4-17-32-23)22-10-8-21(9-11-22)19-27-13-15-28(16-14-27)34(30,31)24-6-2-1-3-7-24/h1-11,17H,12-16,18-20H2,(H,26,29). The summed E-state index contributed by atoms with van der Waals surface area (Å²) >= 11 is 1.72. The predicted octanol–water partition coefficient (Wildman–Crippen LogP) is 3.45. The molecule has 0 saturated carbocycles. The predicted molar refractivity (Wildman–Crippen MR) is 134 cm³/mol. The van der Waals surface area contributed by atoms with Gasteiger partial charge in [0.2, 0.25) is 10.0 Å². The molecule has 2 heterocycles. The van der Waals surface area contributed by atoms with Crippen LogP contribution in [0.3, 0.4) is 0 Å². The van der Waals surface area contributed by atoms with Gasteiger partial charge in [0.25, 0.3) is 5.91 Å². The molecule has 4 rings (SSSR count). The molecule has 1 N–H and O–H groups in total. The lowest BCUT2D eigenvalue weighted by Gasteiger charge is -2.34. The van der Waals surface area contributed by atoms with Crippen LogP contribution >= 0.6 is 11.8 Å². The van der Waals surface area contributed by atoms with Gasteiger partial charge in [-0.3, -0.25) is 9.69 Å². The molecule has 9 heteroatoms. The van der Waals surface area contributed by atoms with Gasteiger partial charge in [0.1, 0.15) is 5.76 Å². The Kier molecular flexibility index (Phi) is 8.44. The van der Waals surface area contributed by atoms with Gasteiger partial charge in [-0.2, -0.15) is 16.1 Å². The molecular weight excluding hydrogens is 470 g/mol. The number of carbonyl (C=O) groups excluding carboxylic acids is 1. The summed E-state index contributed by atoms with van der Waals surface area (Å²) in [6.07, 6.45) is 1.66. The quantitative estimate of drug-likeness (QED) is 0.430. The summed E-state index contributed by atoms with van der Waals surface area (Å²) in [4.78, 5) is 15.0. The second-order valence-electron chi connectivity index (χ2n) is 8.08. The summed E-state index contributed by atoms with van der Waals surface area (Å²) in [6.45, 7) is 3.60. The fourth-order valence-corrected chi connectivity index (χ4v) is 5.99. The largest absolute Gasteiger partial charge is 0.468 e. The lowest BCUT2D eigenvalue weighted by atomic mass is 10.1. The van der Waals surface area contributed by atoms with E-state index in [2.05, 4.69) is 10.2 Å². The van der Waals surface area contributed by atoms with Crippen molar-refractivity contribution >= 4 is 27.7 Å². The van der Waals surface area contributed by atoms with Crippen LogP contribution in [-0.2, 0) is 22.3 Å². The van der Waals surface area contributed by atoms with Gasteiger partial charge in [0, 0.05) is 50.6 Å².